The number of hydrogen-bond donors (Lipinski definition) is 2. The fourth-order valence-corrected chi connectivity index (χ4v) is 7.44. The van der Waals surface area contributed by atoms with Crippen LogP contribution < -0.4 is 0 Å². The number of aromatic carboxylic acids is 2. The van der Waals surface area contributed by atoms with Crippen LogP contribution in [0.2, 0.25) is 0 Å². The molecule has 138 valence electrons. The first-order chi connectivity index (χ1) is 13.5. The molecule has 0 saturated heterocycles. The molecule has 5 aromatic rings. The third-order valence-electron chi connectivity index (χ3n) is 4.43. The predicted molar refractivity (Wildman–Crippen MR) is 118 cm³/mol. The van der Waals surface area contributed by atoms with Crippen LogP contribution in [0.25, 0.3) is 39.7 Å². The second-order valence-electron chi connectivity index (χ2n) is 6.07. The molecule has 0 saturated carbocycles. The molecule has 0 aliphatic heterocycles. The number of hydrogen-bond acceptors (Lipinski definition) is 6. The zero-order valence-corrected chi connectivity index (χ0v) is 17.2. The van der Waals surface area contributed by atoms with E-state index in [-0.39, 0.29) is 11.1 Å². The molecule has 4 aromatic heterocycles. The van der Waals surface area contributed by atoms with E-state index in [1.54, 1.807) is 22.7 Å². The van der Waals surface area contributed by atoms with Crippen molar-refractivity contribution in [2.24, 2.45) is 0 Å². The van der Waals surface area contributed by atoms with Crippen LogP contribution in [-0.2, 0) is 0 Å². The molecule has 1 aromatic carbocycles. The van der Waals surface area contributed by atoms with E-state index >= 15 is 0 Å². The van der Waals surface area contributed by atoms with Gasteiger partial charge in [0.2, 0.25) is 0 Å². The van der Waals surface area contributed by atoms with Gasteiger partial charge in [-0.3, -0.25) is 0 Å². The molecule has 0 unspecified atom stereocenters. The van der Waals surface area contributed by atoms with E-state index in [0.29, 0.717) is 11.1 Å². The number of carbonyl (C=O) groups is 2. The third kappa shape index (κ3) is 2.77. The lowest BCUT2D eigenvalue weighted by Crippen LogP contribution is -2.05. The Labute approximate surface area is 174 Å². The van der Waals surface area contributed by atoms with Crippen LogP contribution >= 0.6 is 45.3 Å². The van der Waals surface area contributed by atoms with Crippen molar-refractivity contribution in [3.8, 4) is 20.9 Å². The average Bonchev–Trinajstić information content (AvgIpc) is 3.39. The van der Waals surface area contributed by atoms with Crippen LogP contribution in [0.4, 0.5) is 0 Å². The minimum Gasteiger partial charge on any atom is -0.478 e. The average molecular weight is 443 g/mol. The molecule has 0 aliphatic rings. The van der Waals surface area contributed by atoms with Gasteiger partial charge in [-0.2, -0.15) is 0 Å². The highest BCUT2D eigenvalue weighted by Crippen LogP contribution is 2.42. The summed E-state index contributed by atoms with van der Waals surface area (Å²) in [6.07, 6.45) is 0. The summed E-state index contributed by atoms with van der Waals surface area (Å²) in [5.74, 6) is -2.13. The van der Waals surface area contributed by atoms with Gasteiger partial charge in [0, 0.05) is 39.7 Å². The summed E-state index contributed by atoms with van der Waals surface area (Å²) < 4.78 is 4.26. The van der Waals surface area contributed by atoms with Crippen molar-refractivity contribution in [3.05, 3.63) is 58.3 Å². The highest BCUT2D eigenvalue weighted by atomic mass is 32.1. The largest absolute Gasteiger partial charge is 0.478 e. The van der Waals surface area contributed by atoms with Crippen LogP contribution in [0.3, 0.4) is 0 Å². The minimum atomic E-state index is -1.07. The topological polar surface area (TPSA) is 74.6 Å². The molecule has 0 bridgehead atoms. The highest BCUT2D eigenvalue weighted by molar-refractivity contribution is 7.29. The summed E-state index contributed by atoms with van der Waals surface area (Å²) in [7, 11) is 0. The fraction of sp³-hybridized carbons (Fsp3) is 0. The molecule has 0 spiro atoms. The van der Waals surface area contributed by atoms with Gasteiger partial charge in [-0.25, -0.2) is 9.59 Å². The number of thiophene rings is 4. The number of benzene rings is 1. The monoisotopic (exact) mass is 442 g/mol. The normalized spacial score (nSPS) is 11.4. The number of carboxylic acid groups (broad SMARTS) is 2. The lowest BCUT2D eigenvalue weighted by atomic mass is 9.96. The molecular formula is C20H10O4S4. The Balaban J connectivity index is 1.77. The van der Waals surface area contributed by atoms with Crippen molar-refractivity contribution < 1.29 is 19.8 Å². The number of carboxylic acids is 2. The molecule has 8 heteroatoms. The van der Waals surface area contributed by atoms with E-state index in [4.69, 9.17) is 0 Å². The first-order valence-electron chi connectivity index (χ1n) is 8.11. The van der Waals surface area contributed by atoms with E-state index in [1.165, 1.54) is 34.8 Å². The number of rotatable bonds is 4. The first-order valence-corrected chi connectivity index (χ1v) is 11.5. The Hall–Kier alpha value is -2.52. The molecule has 5 rings (SSSR count). The van der Waals surface area contributed by atoms with Crippen LogP contribution in [0.1, 0.15) is 20.7 Å². The molecule has 0 fully saturated rings. The fourth-order valence-electron chi connectivity index (χ4n) is 3.16. The van der Waals surface area contributed by atoms with Gasteiger partial charge in [0.25, 0.3) is 0 Å². The number of fused-ring (bicyclic) bond motifs is 2. The summed E-state index contributed by atoms with van der Waals surface area (Å²) in [6.45, 7) is 0. The zero-order valence-electron chi connectivity index (χ0n) is 14.0. The van der Waals surface area contributed by atoms with Crippen molar-refractivity contribution in [2.75, 3.05) is 0 Å². The van der Waals surface area contributed by atoms with E-state index in [1.807, 2.05) is 35.0 Å². The summed E-state index contributed by atoms with van der Waals surface area (Å²) in [5, 5.41) is 23.6. The maximum Gasteiger partial charge on any atom is 0.336 e. The molecule has 4 heterocycles. The van der Waals surface area contributed by atoms with Crippen LogP contribution in [0.15, 0.2) is 47.2 Å². The Morgan fingerprint density at radius 1 is 0.643 bits per heavy atom. The molecular weight excluding hydrogens is 432 g/mol. The van der Waals surface area contributed by atoms with Crippen molar-refractivity contribution in [1.82, 2.24) is 0 Å². The van der Waals surface area contributed by atoms with Crippen LogP contribution in [-0.4, -0.2) is 22.2 Å². The molecule has 0 aliphatic carbocycles. The van der Waals surface area contributed by atoms with Gasteiger partial charge in [-0.05, 0) is 47.2 Å². The van der Waals surface area contributed by atoms with Crippen molar-refractivity contribution in [1.29, 1.82) is 0 Å². The summed E-state index contributed by atoms with van der Waals surface area (Å²) in [4.78, 5) is 25.5. The minimum absolute atomic E-state index is 0.116. The lowest BCUT2D eigenvalue weighted by Gasteiger charge is -2.11. The van der Waals surface area contributed by atoms with Gasteiger partial charge in [0.1, 0.15) is 0 Å². The second kappa shape index (κ2) is 6.52. The van der Waals surface area contributed by atoms with Gasteiger partial charge in [0.05, 0.1) is 11.1 Å². The van der Waals surface area contributed by atoms with E-state index in [9.17, 15) is 19.8 Å². The standard InChI is InChI=1S/C20H10O4S4/c21-19(22)11-6-10(16-8-18-14(28-16)2-4-26-18)12(20(23)24)5-9(11)15-7-17-13(27-15)1-3-25-17/h1-8H,(H,21,22)(H,23,24). The maximum absolute atomic E-state index is 12.0. The van der Waals surface area contributed by atoms with E-state index in [0.717, 1.165) is 28.6 Å². The molecule has 2 N–H and O–H groups in total. The Bertz CT molecular complexity index is 1220. The van der Waals surface area contributed by atoms with E-state index < -0.39 is 11.9 Å². The van der Waals surface area contributed by atoms with Crippen molar-refractivity contribution in [3.63, 3.8) is 0 Å². The maximum atomic E-state index is 12.0. The molecule has 0 radical (unpaired) electrons. The molecule has 28 heavy (non-hydrogen) atoms. The SMILES string of the molecule is O=C(O)c1cc(-c2cc3sccc3s2)c(C(=O)O)cc1-c1cc2sccc2s1. The molecule has 0 atom stereocenters. The Morgan fingerprint density at radius 2 is 1.07 bits per heavy atom. The molecule has 0 amide bonds. The summed E-state index contributed by atoms with van der Waals surface area (Å²) in [5.41, 5.74) is 1.12. The highest BCUT2D eigenvalue weighted by Gasteiger charge is 2.23. The van der Waals surface area contributed by atoms with Crippen LogP contribution in [0.5, 0.6) is 0 Å². The Morgan fingerprint density at radius 3 is 1.43 bits per heavy atom. The predicted octanol–water partition coefficient (Wildman–Crippen LogP) is 6.97. The van der Waals surface area contributed by atoms with Gasteiger partial charge >= 0.3 is 11.9 Å². The smallest absolute Gasteiger partial charge is 0.336 e. The van der Waals surface area contributed by atoms with Crippen molar-refractivity contribution >= 4 is 76.1 Å². The second-order valence-corrected chi connectivity index (χ2v) is 10.1. The first kappa shape index (κ1) is 17.6. The summed E-state index contributed by atoms with van der Waals surface area (Å²) in [6, 6.07) is 10.8. The van der Waals surface area contributed by atoms with Gasteiger partial charge in [0.15, 0.2) is 0 Å². The van der Waals surface area contributed by atoms with E-state index in [2.05, 4.69) is 0 Å². The Kier molecular flexibility index (Phi) is 4.09. The van der Waals surface area contributed by atoms with Gasteiger partial charge < -0.3 is 10.2 Å². The summed E-state index contributed by atoms with van der Waals surface area (Å²) >= 11 is 6.11. The zero-order chi connectivity index (χ0) is 19.4. The van der Waals surface area contributed by atoms with Crippen LogP contribution in [0, 0.1) is 0 Å². The van der Waals surface area contributed by atoms with Gasteiger partial charge in [-0.1, -0.05) is 0 Å². The van der Waals surface area contributed by atoms with Crippen molar-refractivity contribution in [2.45, 2.75) is 0 Å². The van der Waals surface area contributed by atoms with Gasteiger partial charge in [-0.15, -0.1) is 45.3 Å². The quantitative estimate of drug-likeness (QED) is 0.315. The third-order valence-corrected chi connectivity index (χ3v) is 8.68. The lowest BCUT2D eigenvalue weighted by molar-refractivity contribution is 0.0682. The molecule has 4 nitrogen and oxygen atoms in total.